The number of nitrogens with one attached hydrogen (secondary N) is 1. The summed E-state index contributed by atoms with van der Waals surface area (Å²) in [6.45, 7) is 2.87. The highest BCUT2D eigenvalue weighted by Crippen LogP contribution is 2.30. The second-order valence-corrected chi connectivity index (χ2v) is 20.1. The van der Waals surface area contributed by atoms with Crippen LogP contribution in [0.25, 0.3) is 0 Å². The lowest BCUT2D eigenvalue weighted by atomic mass is 9.97. The summed E-state index contributed by atoms with van der Waals surface area (Å²) in [4.78, 5) is 13.2. The number of rotatable bonds is 44. The number of hydrogen-bond acceptors (Lipinski definition) is 13. The number of aliphatic hydroxyl groups excluding tert-OH is 8. The van der Waals surface area contributed by atoms with Crippen LogP contribution in [-0.4, -0.2) is 140 Å². The summed E-state index contributed by atoms with van der Waals surface area (Å²) in [5.41, 5.74) is 0. The molecule has 0 spiro atoms. The van der Waals surface area contributed by atoms with E-state index in [1.54, 1.807) is 0 Å². The van der Waals surface area contributed by atoms with Crippen molar-refractivity contribution >= 4 is 5.91 Å². The van der Waals surface area contributed by atoms with Gasteiger partial charge in [-0.1, -0.05) is 199 Å². The molecule has 1 amide bonds. The van der Waals surface area contributed by atoms with Gasteiger partial charge in [0.25, 0.3) is 0 Å². The summed E-state index contributed by atoms with van der Waals surface area (Å²) >= 11 is 0. The average Bonchev–Trinajstić information content (AvgIpc) is 3.34. The molecule has 0 bridgehead atoms. The van der Waals surface area contributed by atoms with Crippen LogP contribution in [0.2, 0.25) is 0 Å². The normalized spacial score (nSPS) is 26.4. The summed E-state index contributed by atoms with van der Waals surface area (Å²) < 4.78 is 22.8. The third-order valence-electron chi connectivity index (χ3n) is 14.0. The third kappa shape index (κ3) is 27.5. The van der Waals surface area contributed by atoms with Crippen LogP contribution in [0.5, 0.6) is 0 Å². The molecule has 2 heterocycles. The molecule has 14 heteroatoms. The lowest BCUT2D eigenvalue weighted by Gasteiger charge is -2.46. The van der Waals surface area contributed by atoms with Crippen LogP contribution in [0.4, 0.5) is 0 Å². The lowest BCUT2D eigenvalue weighted by Crippen LogP contribution is -2.65. The van der Waals surface area contributed by atoms with Crippen molar-refractivity contribution in [2.75, 3.05) is 19.8 Å². The van der Waals surface area contributed by atoms with Crippen molar-refractivity contribution in [2.45, 2.75) is 306 Å². The average molecular weight is 974 g/mol. The zero-order valence-electron chi connectivity index (χ0n) is 42.9. The Bertz CT molecular complexity index is 1200. The van der Waals surface area contributed by atoms with E-state index in [0.29, 0.717) is 12.8 Å². The van der Waals surface area contributed by atoms with Gasteiger partial charge in [0.05, 0.1) is 32.0 Å². The number of allylic oxidation sites excluding steroid dienone is 2. The van der Waals surface area contributed by atoms with E-state index < -0.39 is 86.8 Å². The van der Waals surface area contributed by atoms with Gasteiger partial charge in [0.15, 0.2) is 12.6 Å². The summed E-state index contributed by atoms with van der Waals surface area (Å²) in [7, 11) is 0. The molecule has 2 saturated heterocycles. The fourth-order valence-corrected chi connectivity index (χ4v) is 9.41. The molecule has 2 aliphatic heterocycles. The van der Waals surface area contributed by atoms with E-state index in [2.05, 4.69) is 31.3 Å². The molecule has 0 aromatic carbocycles. The van der Waals surface area contributed by atoms with Gasteiger partial charge < -0.3 is 65.1 Å². The summed E-state index contributed by atoms with van der Waals surface area (Å²) in [5, 5.41) is 87.1. The van der Waals surface area contributed by atoms with Gasteiger partial charge in [-0.25, -0.2) is 0 Å². The van der Waals surface area contributed by atoms with Crippen LogP contribution in [0, 0.1) is 0 Å². The second-order valence-electron chi connectivity index (χ2n) is 20.1. The molecule has 0 aliphatic carbocycles. The van der Waals surface area contributed by atoms with Gasteiger partial charge >= 0.3 is 0 Å². The molecule has 9 N–H and O–H groups in total. The molecule has 0 saturated carbocycles. The molecule has 2 rings (SSSR count). The fraction of sp³-hybridized carbons (Fsp3) is 0.944. The topological polar surface area (TPSA) is 228 Å². The lowest BCUT2D eigenvalue weighted by molar-refractivity contribution is -0.359. The first kappa shape index (κ1) is 62.8. The fourth-order valence-electron chi connectivity index (χ4n) is 9.41. The maximum atomic E-state index is 13.2. The van der Waals surface area contributed by atoms with Gasteiger partial charge in [0.1, 0.15) is 48.8 Å². The van der Waals surface area contributed by atoms with Crippen molar-refractivity contribution in [1.29, 1.82) is 0 Å². The van der Waals surface area contributed by atoms with Crippen LogP contribution in [-0.2, 0) is 23.7 Å². The van der Waals surface area contributed by atoms with Gasteiger partial charge in [0, 0.05) is 6.42 Å². The maximum absolute atomic E-state index is 13.2. The molecule has 12 atom stereocenters. The minimum Gasteiger partial charge on any atom is -0.394 e. The van der Waals surface area contributed by atoms with Crippen molar-refractivity contribution in [1.82, 2.24) is 5.32 Å². The summed E-state index contributed by atoms with van der Waals surface area (Å²) in [6.07, 6.45) is 27.7. The second kappa shape index (κ2) is 41.2. The van der Waals surface area contributed by atoms with Crippen LogP contribution in [0.1, 0.15) is 232 Å². The molecular formula is C54H103NO13. The molecule has 2 fully saturated rings. The molecule has 2 aliphatic rings. The minimum atomic E-state index is -1.78. The molecule has 402 valence electrons. The molecule has 68 heavy (non-hydrogen) atoms. The molecule has 12 unspecified atom stereocenters. The highest BCUT2D eigenvalue weighted by Gasteiger charge is 2.51. The molecule has 0 aromatic rings. The highest BCUT2D eigenvalue weighted by molar-refractivity contribution is 5.76. The Kier molecular flexibility index (Phi) is 38.1. The Labute approximate surface area is 412 Å². The Hall–Kier alpha value is -1.27. The van der Waals surface area contributed by atoms with Crippen LogP contribution < -0.4 is 5.32 Å². The number of ether oxygens (including phenoxy) is 4. The van der Waals surface area contributed by atoms with Gasteiger partial charge in [-0.05, 0) is 38.5 Å². The van der Waals surface area contributed by atoms with E-state index in [1.807, 2.05) is 0 Å². The van der Waals surface area contributed by atoms with Crippen molar-refractivity contribution in [3.63, 3.8) is 0 Å². The van der Waals surface area contributed by atoms with E-state index in [9.17, 15) is 45.6 Å². The Morgan fingerprint density at radius 2 is 0.926 bits per heavy atom. The number of carbonyl (C=O) groups excluding carboxylic acids is 1. The third-order valence-corrected chi connectivity index (χ3v) is 14.0. The number of carbonyl (C=O) groups is 1. The number of unbranched alkanes of at least 4 members (excludes halogenated alkanes) is 29. The van der Waals surface area contributed by atoms with E-state index in [4.69, 9.17) is 18.9 Å². The zero-order valence-corrected chi connectivity index (χ0v) is 42.9. The summed E-state index contributed by atoms with van der Waals surface area (Å²) in [6, 6.07) is -0.825. The monoisotopic (exact) mass is 974 g/mol. The van der Waals surface area contributed by atoms with Gasteiger partial charge in [-0.3, -0.25) is 4.79 Å². The van der Waals surface area contributed by atoms with Gasteiger partial charge in [-0.2, -0.15) is 0 Å². The summed E-state index contributed by atoms with van der Waals surface area (Å²) in [5.74, 6) is -0.207. The van der Waals surface area contributed by atoms with Crippen LogP contribution in [0.15, 0.2) is 12.2 Å². The van der Waals surface area contributed by atoms with Gasteiger partial charge in [0.2, 0.25) is 5.91 Å². The Balaban J connectivity index is 1.78. The predicted octanol–water partition coefficient (Wildman–Crippen LogP) is 8.33. The van der Waals surface area contributed by atoms with E-state index in [-0.39, 0.29) is 12.5 Å². The van der Waals surface area contributed by atoms with Crippen molar-refractivity contribution in [3.05, 3.63) is 12.2 Å². The number of hydrogen-bond donors (Lipinski definition) is 9. The SMILES string of the molecule is CCCCCCCC/C=C\CCCCCCCCCCCC(=O)NC(COC1OC(CO)C(OC2OC(CO)C(O)C(O)C2O)C(O)C1O)C(O)CCCCCCCCCCCCCCCCC. The molecule has 14 nitrogen and oxygen atoms in total. The smallest absolute Gasteiger partial charge is 0.220 e. The van der Waals surface area contributed by atoms with Crippen molar-refractivity contribution in [2.24, 2.45) is 0 Å². The molecular weight excluding hydrogens is 871 g/mol. The molecule has 0 aromatic heterocycles. The first-order chi connectivity index (χ1) is 33.1. The Morgan fingerprint density at radius 3 is 1.40 bits per heavy atom. The zero-order chi connectivity index (χ0) is 49.6. The first-order valence-electron chi connectivity index (χ1n) is 27.9. The standard InChI is InChI=1S/C54H103NO13/c1-3-5-7-9-11-13-15-17-19-20-21-22-24-26-28-30-32-34-36-38-46(59)55-42(43(58)37-35-33-31-29-27-25-23-18-16-14-12-10-8-6-4-2)41-65-53-51(64)49(62)52(45(40-57)67-53)68-54-50(63)48(61)47(60)44(39-56)66-54/h17,19,42-45,47-54,56-58,60-64H,3-16,18,20-41H2,1-2H3,(H,55,59)/b19-17-. The van der Waals surface area contributed by atoms with Crippen molar-refractivity contribution in [3.8, 4) is 0 Å². The van der Waals surface area contributed by atoms with Crippen LogP contribution >= 0.6 is 0 Å². The predicted molar refractivity (Wildman–Crippen MR) is 268 cm³/mol. The number of aliphatic hydroxyl groups is 8. The molecule has 0 radical (unpaired) electrons. The van der Waals surface area contributed by atoms with E-state index in [1.165, 1.54) is 154 Å². The van der Waals surface area contributed by atoms with E-state index >= 15 is 0 Å². The maximum Gasteiger partial charge on any atom is 0.220 e. The first-order valence-corrected chi connectivity index (χ1v) is 27.9. The van der Waals surface area contributed by atoms with Crippen LogP contribution in [0.3, 0.4) is 0 Å². The highest BCUT2D eigenvalue weighted by atomic mass is 16.7. The Morgan fingerprint density at radius 1 is 0.515 bits per heavy atom. The van der Waals surface area contributed by atoms with E-state index in [0.717, 1.165) is 51.4 Å². The number of amides is 1. The minimum absolute atomic E-state index is 0.207. The van der Waals surface area contributed by atoms with Gasteiger partial charge in [-0.15, -0.1) is 0 Å². The van der Waals surface area contributed by atoms with Crippen molar-refractivity contribution < 1.29 is 64.6 Å². The quantitative estimate of drug-likeness (QED) is 0.0207. The largest absolute Gasteiger partial charge is 0.394 e.